The maximum absolute atomic E-state index is 5.91. The van der Waals surface area contributed by atoms with E-state index in [1.54, 1.807) is 0 Å². The minimum atomic E-state index is 0.609. The van der Waals surface area contributed by atoms with Gasteiger partial charge < -0.3 is 0 Å². The van der Waals surface area contributed by atoms with Crippen molar-refractivity contribution in [2.45, 2.75) is 32.6 Å². The summed E-state index contributed by atoms with van der Waals surface area (Å²) in [4.78, 5) is 0. The van der Waals surface area contributed by atoms with Gasteiger partial charge in [-0.2, -0.15) is 0 Å². The first-order valence-electron chi connectivity index (χ1n) is 5.13. The summed E-state index contributed by atoms with van der Waals surface area (Å²) in [6.07, 6.45) is 3.94. The van der Waals surface area contributed by atoms with Crippen LogP contribution in [0.15, 0.2) is 18.2 Å². The Morgan fingerprint density at radius 1 is 1.07 bits per heavy atom. The number of halogens is 2. The highest BCUT2D eigenvalue weighted by Gasteiger charge is 1.98. The highest BCUT2D eigenvalue weighted by molar-refractivity contribution is 6.42. The second-order valence-electron chi connectivity index (χ2n) is 3.35. The molecule has 0 unspecified atom stereocenters. The Balaban J connectivity index is 2.45. The molecule has 0 spiro atoms. The number of hydrogen-bond acceptors (Lipinski definition) is 0. The van der Waals surface area contributed by atoms with E-state index in [0.717, 1.165) is 25.7 Å². The van der Waals surface area contributed by atoms with E-state index in [1.165, 1.54) is 5.56 Å². The second-order valence-corrected chi connectivity index (χ2v) is 4.17. The van der Waals surface area contributed by atoms with Gasteiger partial charge in [-0.05, 0) is 30.5 Å². The molecule has 0 aliphatic heterocycles. The van der Waals surface area contributed by atoms with Gasteiger partial charge in [-0.25, -0.2) is 0 Å². The van der Waals surface area contributed by atoms with E-state index in [0.29, 0.717) is 10.0 Å². The van der Waals surface area contributed by atoms with E-state index in [-0.39, 0.29) is 0 Å². The van der Waals surface area contributed by atoms with Gasteiger partial charge in [-0.15, -0.1) is 11.8 Å². The Labute approximate surface area is 102 Å². The molecule has 0 nitrogen and oxygen atoms in total. The van der Waals surface area contributed by atoms with Crippen molar-refractivity contribution in [1.82, 2.24) is 0 Å². The third kappa shape index (κ3) is 4.60. The van der Waals surface area contributed by atoms with E-state index in [1.807, 2.05) is 18.2 Å². The van der Waals surface area contributed by atoms with Gasteiger partial charge in [0.25, 0.3) is 0 Å². The Bertz CT molecular complexity index is 372. The molecule has 1 aromatic rings. The average Bonchev–Trinajstić information content (AvgIpc) is 2.23. The van der Waals surface area contributed by atoms with Crippen molar-refractivity contribution in [3.8, 4) is 11.8 Å². The van der Waals surface area contributed by atoms with Gasteiger partial charge in [0.1, 0.15) is 0 Å². The first kappa shape index (κ1) is 12.4. The molecule has 0 saturated carbocycles. The zero-order valence-electron chi connectivity index (χ0n) is 8.82. The van der Waals surface area contributed by atoms with Crippen LogP contribution in [0.25, 0.3) is 0 Å². The standard InChI is InChI=1S/C13H14Cl2/c1-2-3-4-5-6-7-11-8-9-12(14)13(15)10-11/h8-10H,2-3,6-7H2,1H3. The Kier molecular flexibility index (Phi) is 5.61. The number of benzene rings is 1. The normalized spacial score (nSPS) is 9.53. The molecule has 1 aromatic carbocycles. The Morgan fingerprint density at radius 3 is 2.47 bits per heavy atom. The summed E-state index contributed by atoms with van der Waals surface area (Å²) in [5.74, 6) is 6.27. The molecule has 0 heterocycles. The third-order valence-corrected chi connectivity index (χ3v) is 2.76. The molecule has 0 radical (unpaired) electrons. The zero-order chi connectivity index (χ0) is 11.1. The number of unbranched alkanes of at least 4 members (excludes halogenated alkanes) is 1. The van der Waals surface area contributed by atoms with Crippen LogP contribution < -0.4 is 0 Å². The van der Waals surface area contributed by atoms with Crippen LogP contribution in [-0.4, -0.2) is 0 Å². The minimum absolute atomic E-state index is 0.609. The molecule has 1 rings (SSSR count). The summed E-state index contributed by atoms with van der Waals surface area (Å²) in [5.41, 5.74) is 1.19. The van der Waals surface area contributed by atoms with E-state index in [4.69, 9.17) is 23.2 Å². The van der Waals surface area contributed by atoms with Crippen LogP contribution >= 0.6 is 23.2 Å². The quantitative estimate of drug-likeness (QED) is 0.671. The van der Waals surface area contributed by atoms with Crippen LogP contribution in [0.3, 0.4) is 0 Å². The number of rotatable bonds is 3. The van der Waals surface area contributed by atoms with Crippen molar-refractivity contribution in [2.24, 2.45) is 0 Å². The highest BCUT2D eigenvalue weighted by Crippen LogP contribution is 2.22. The molecular formula is C13H14Cl2. The molecule has 0 amide bonds. The largest absolute Gasteiger partial charge is 0.103 e. The van der Waals surface area contributed by atoms with E-state index in [9.17, 15) is 0 Å². The average molecular weight is 241 g/mol. The molecule has 0 bridgehead atoms. The molecule has 0 N–H and O–H groups in total. The lowest BCUT2D eigenvalue weighted by Crippen LogP contribution is -1.83. The molecule has 15 heavy (non-hydrogen) atoms. The van der Waals surface area contributed by atoms with Crippen LogP contribution in [0.5, 0.6) is 0 Å². The molecule has 0 aliphatic carbocycles. The van der Waals surface area contributed by atoms with Gasteiger partial charge in [-0.1, -0.05) is 36.2 Å². The lowest BCUT2D eigenvalue weighted by Gasteiger charge is -1.99. The van der Waals surface area contributed by atoms with Crippen molar-refractivity contribution in [1.29, 1.82) is 0 Å². The maximum atomic E-state index is 5.91. The first-order chi connectivity index (χ1) is 7.24. The SMILES string of the molecule is CCCC#CCCc1ccc(Cl)c(Cl)c1. The summed E-state index contributed by atoms with van der Waals surface area (Å²) in [6.45, 7) is 2.13. The molecule has 0 atom stereocenters. The van der Waals surface area contributed by atoms with Crippen molar-refractivity contribution in [3.05, 3.63) is 33.8 Å². The van der Waals surface area contributed by atoms with Gasteiger partial charge in [0.05, 0.1) is 10.0 Å². The van der Waals surface area contributed by atoms with Crippen molar-refractivity contribution in [3.63, 3.8) is 0 Å². The maximum Gasteiger partial charge on any atom is 0.0595 e. The van der Waals surface area contributed by atoms with E-state index >= 15 is 0 Å². The molecule has 0 aromatic heterocycles. The third-order valence-electron chi connectivity index (χ3n) is 2.02. The Hall–Kier alpha value is -0.640. The van der Waals surface area contributed by atoms with Crippen LogP contribution in [0.4, 0.5) is 0 Å². The molecule has 0 aliphatic rings. The lowest BCUT2D eigenvalue weighted by atomic mass is 10.1. The van der Waals surface area contributed by atoms with Gasteiger partial charge >= 0.3 is 0 Å². The van der Waals surface area contributed by atoms with Gasteiger partial charge in [0.15, 0.2) is 0 Å². The van der Waals surface area contributed by atoms with Crippen molar-refractivity contribution in [2.75, 3.05) is 0 Å². The molecule has 0 saturated heterocycles. The van der Waals surface area contributed by atoms with Crippen LogP contribution in [0.1, 0.15) is 31.7 Å². The first-order valence-corrected chi connectivity index (χ1v) is 5.89. The molecule has 2 heteroatoms. The fraction of sp³-hybridized carbons (Fsp3) is 0.385. The topological polar surface area (TPSA) is 0 Å². The molecule has 0 fully saturated rings. The minimum Gasteiger partial charge on any atom is -0.103 e. The van der Waals surface area contributed by atoms with E-state index in [2.05, 4.69) is 18.8 Å². The second kappa shape index (κ2) is 6.77. The Morgan fingerprint density at radius 2 is 1.80 bits per heavy atom. The highest BCUT2D eigenvalue weighted by atomic mass is 35.5. The van der Waals surface area contributed by atoms with Gasteiger partial charge in [-0.3, -0.25) is 0 Å². The monoisotopic (exact) mass is 240 g/mol. The van der Waals surface area contributed by atoms with Gasteiger partial charge in [0, 0.05) is 12.8 Å². The lowest BCUT2D eigenvalue weighted by molar-refractivity contribution is 0.974. The van der Waals surface area contributed by atoms with Gasteiger partial charge in [0.2, 0.25) is 0 Å². The van der Waals surface area contributed by atoms with Crippen LogP contribution in [-0.2, 0) is 6.42 Å². The summed E-state index contributed by atoms with van der Waals surface area (Å²) in [5, 5.41) is 1.23. The van der Waals surface area contributed by atoms with Crippen LogP contribution in [0.2, 0.25) is 10.0 Å². The fourth-order valence-corrected chi connectivity index (χ4v) is 1.52. The fourth-order valence-electron chi connectivity index (χ4n) is 1.20. The van der Waals surface area contributed by atoms with Crippen molar-refractivity contribution < 1.29 is 0 Å². The summed E-state index contributed by atoms with van der Waals surface area (Å²) >= 11 is 11.7. The summed E-state index contributed by atoms with van der Waals surface area (Å²) in [6, 6.07) is 5.74. The summed E-state index contributed by atoms with van der Waals surface area (Å²) in [7, 11) is 0. The number of hydrogen-bond donors (Lipinski definition) is 0. The van der Waals surface area contributed by atoms with E-state index < -0.39 is 0 Å². The smallest absolute Gasteiger partial charge is 0.0595 e. The van der Waals surface area contributed by atoms with Crippen molar-refractivity contribution >= 4 is 23.2 Å². The summed E-state index contributed by atoms with van der Waals surface area (Å²) < 4.78 is 0. The number of aryl methyl sites for hydroxylation is 1. The predicted octanol–water partition coefficient (Wildman–Crippen LogP) is 4.73. The van der Waals surface area contributed by atoms with Crippen LogP contribution in [0, 0.1) is 11.8 Å². The zero-order valence-corrected chi connectivity index (χ0v) is 10.3. The predicted molar refractivity (Wildman–Crippen MR) is 67.5 cm³/mol. The molecule has 80 valence electrons. The molecular weight excluding hydrogens is 227 g/mol.